The fraction of sp³-hybridized carbons (Fsp3) is 0.462. The van der Waals surface area contributed by atoms with Gasteiger partial charge < -0.3 is 9.64 Å². The van der Waals surface area contributed by atoms with Gasteiger partial charge in [-0.25, -0.2) is 5.84 Å². The van der Waals surface area contributed by atoms with Gasteiger partial charge in [0, 0.05) is 24.4 Å². The van der Waals surface area contributed by atoms with Gasteiger partial charge >= 0.3 is 6.01 Å². The molecule has 8 heteroatoms. The highest BCUT2D eigenvalue weighted by Crippen LogP contribution is 2.19. The van der Waals surface area contributed by atoms with E-state index in [4.69, 9.17) is 10.6 Å². The first kappa shape index (κ1) is 15.5. The number of likely N-dealkylation sites (N-methyl/N-ethyl adjacent to an activating group) is 1. The molecule has 2 rings (SSSR count). The largest absolute Gasteiger partial charge is 0.464 e. The molecule has 3 N–H and O–H groups in total. The van der Waals surface area contributed by atoms with Gasteiger partial charge in [0.15, 0.2) is 0 Å². The summed E-state index contributed by atoms with van der Waals surface area (Å²) in [4.78, 5) is 16.0. The van der Waals surface area contributed by atoms with Crippen LogP contribution in [0.4, 0.5) is 11.9 Å². The van der Waals surface area contributed by atoms with Crippen LogP contribution in [-0.2, 0) is 6.42 Å². The molecular weight excluding hydrogens is 288 g/mol. The summed E-state index contributed by atoms with van der Waals surface area (Å²) in [5.74, 6) is 6.22. The molecule has 0 aliphatic carbocycles. The predicted octanol–water partition coefficient (Wildman–Crippen LogP) is 1.68. The van der Waals surface area contributed by atoms with Crippen LogP contribution in [0.5, 0.6) is 6.01 Å². The van der Waals surface area contributed by atoms with Crippen molar-refractivity contribution in [1.29, 1.82) is 0 Å². The minimum Gasteiger partial charge on any atom is -0.464 e. The first-order valence-corrected chi connectivity index (χ1v) is 7.62. The molecule has 0 bridgehead atoms. The van der Waals surface area contributed by atoms with Crippen LogP contribution >= 0.6 is 11.3 Å². The number of hydrogen-bond donors (Lipinski definition) is 2. The standard InChI is InChI=1S/C13H20N6OS/c1-4-20-13-16-11(18-14)15-12(17-13)19(3)9(2)8-10-6-5-7-21-10/h5-7,9H,4,8,14H2,1-3H3,(H,15,16,17,18). The summed E-state index contributed by atoms with van der Waals surface area (Å²) in [6, 6.07) is 4.69. The third kappa shape index (κ3) is 4.02. The number of ether oxygens (including phenoxy) is 1. The monoisotopic (exact) mass is 308 g/mol. The average Bonchev–Trinajstić information content (AvgIpc) is 2.99. The van der Waals surface area contributed by atoms with Gasteiger partial charge in [0.1, 0.15) is 0 Å². The summed E-state index contributed by atoms with van der Waals surface area (Å²) < 4.78 is 5.34. The van der Waals surface area contributed by atoms with Crippen molar-refractivity contribution in [2.75, 3.05) is 24.0 Å². The number of nitrogens with two attached hydrogens (primary N) is 1. The number of nitrogens with zero attached hydrogens (tertiary/aromatic N) is 4. The van der Waals surface area contributed by atoms with Crippen LogP contribution in [0.1, 0.15) is 18.7 Å². The lowest BCUT2D eigenvalue weighted by atomic mass is 10.2. The molecule has 7 nitrogen and oxygen atoms in total. The fourth-order valence-electron chi connectivity index (χ4n) is 1.82. The molecule has 0 saturated carbocycles. The first-order chi connectivity index (χ1) is 10.1. The van der Waals surface area contributed by atoms with Crippen LogP contribution in [0.3, 0.4) is 0 Å². The Morgan fingerprint density at radius 2 is 2.24 bits per heavy atom. The minimum absolute atomic E-state index is 0.242. The lowest BCUT2D eigenvalue weighted by Gasteiger charge is -2.24. The summed E-state index contributed by atoms with van der Waals surface area (Å²) in [5.41, 5.74) is 2.44. The lowest BCUT2D eigenvalue weighted by Crippen LogP contribution is -2.32. The van der Waals surface area contributed by atoms with Crippen molar-refractivity contribution in [1.82, 2.24) is 15.0 Å². The number of thiophene rings is 1. The smallest absolute Gasteiger partial charge is 0.323 e. The number of nitrogen functional groups attached to an aromatic ring is 1. The highest BCUT2D eigenvalue weighted by Gasteiger charge is 2.16. The Morgan fingerprint density at radius 3 is 2.86 bits per heavy atom. The van der Waals surface area contributed by atoms with Gasteiger partial charge in [0.05, 0.1) is 6.61 Å². The van der Waals surface area contributed by atoms with Crippen LogP contribution < -0.4 is 20.9 Å². The Bertz CT molecular complexity index is 562. The van der Waals surface area contributed by atoms with Crippen molar-refractivity contribution < 1.29 is 4.74 Å². The maximum atomic E-state index is 5.39. The molecule has 0 amide bonds. The van der Waals surface area contributed by atoms with Gasteiger partial charge in [-0.3, -0.25) is 5.43 Å². The van der Waals surface area contributed by atoms with Gasteiger partial charge in [-0.2, -0.15) is 15.0 Å². The van der Waals surface area contributed by atoms with E-state index in [9.17, 15) is 0 Å². The second kappa shape index (κ2) is 7.19. The van der Waals surface area contributed by atoms with Crippen molar-refractivity contribution >= 4 is 23.2 Å². The van der Waals surface area contributed by atoms with Crippen LogP contribution in [0.2, 0.25) is 0 Å². The van der Waals surface area contributed by atoms with Gasteiger partial charge in [-0.1, -0.05) is 6.07 Å². The van der Waals surface area contributed by atoms with Gasteiger partial charge in [0.2, 0.25) is 11.9 Å². The van der Waals surface area contributed by atoms with Gasteiger partial charge in [-0.05, 0) is 25.3 Å². The summed E-state index contributed by atoms with van der Waals surface area (Å²) in [5, 5.41) is 2.08. The molecule has 1 atom stereocenters. The highest BCUT2D eigenvalue weighted by molar-refractivity contribution is 7.09. The Balaban J connectivity index is 2.16. The third-order valence-corrected chi connectivity index (χ3v) is 3.96. The zero-order valence-electron chi connectivity index (χ0n) is 12.4. The zero-order valence-corrected chi connectivity index (χ0v) is 13.2. The molecule has 2 heterocycles. The van der Waals surface area contributed by atoms with Crippen LogP contribution in [-0.4, -0.2) is 34.6 Å². The van der Waals surface area contributed by atoms with Crippen molar-refractivity contribution in [2.45, 2.75) is 26.3 Å². The fourth-order valence-corrected chi connectivity index (χ4v) is 2.64. The van der Waals surface area contributed by atoms with Crippen LogP contribution in [0.25, 0.3) is 0 Å². The molecule has 21 heavy (non-hydrogen) atoms. The topological polar surface area (TPSA) is 89.2 Å². The van der Waals surface area contributed by atoms with Gasteiger partial charge in [-0.15, -0.1) is 11.3 Å². The highest BCUT2D eigenvalue weighted by atomic mass is 32.1. The maximum absolute atomic E-state index is 5.39. The summed E-state index contributed by atoms with van der Waals surface area (Å²) >= 11 is 1.75. The summed E-state index contributed by atoms with van der Waals surface area (Å²) in [7, 11) is 1.95. The Hall–Kier alpha value is -1.93. The van der Waals surface area contributed by atoms with Crippen LogP contribution in [0, 0.1) is 0 Å². The molecule has 0 fully saturated rings. The molecule has 2 aromatic rings. The maximum Gasteiger partial charge on any atom is 0.323 e. The minimum atomic E-state index is 0.242. The number of hydrogen-bond acceptors (Lipinski definition) is 8. The van der Waals surface area contributed by atoms with E-state index in [1.54, 1.807) is 11.3 Å². The molecule has 0 aliphatic rings. The average molecular weight is 308 g/mol. The van der Waals surface area contributed by atoms with Crippen molar-refractivity contribution in [3.05, 3.63) is 22.4 Å². The predicted molar refractivity (Wildman–Crippen MR) is 84.7 cm³/mol. The zero-order chi connectivity index (χ0) is 15.2. The van der Waals surface area contributed by atoms with Crippen LogP contribution in [0.15, 0.2) is 17.5 Å². The first-order valence-electron chi connectivity index (χ1n) is 6.74. The van der Waals surface area contributed by atoms with E-state index in [1.165, 1.54) is 4.88 Å². The molecule has 2 aromatic heterocycles. The van der Waals surface area contributed by atoms with E-state index in [-0.39, 0.29) is 12.1 Å². The number of rotatable bonds is 7. The van der Waals surface area contributed by atoms with E-state index in [2.05, 4.69) is 44.8 Å². The Labute approximate surface area is 128 Å². The molecule has 114 valence electrons. The van der Waals surface area contributed by atoms with E-state index in [0.717, 1.165) is 6.42 Å². The molecule has 0 aliphatic heterocycles. The van der Waals surface area contributed by atoms with E-state index < -0.39 is 0 Å². The number of nitrogens with one attached hydrogen (secondary N) is 1. The quantitative estimate of drug-likeness (QED) is 0.594. The molecule has 0 saturated heterocycles. The third-order valence-electron chi connectivity index (χ3n) is 3.06. The number of hydrazine groups is 1. The normalized spacial score (nSPS) is 12.0. The molecular formula is C13H20N6OS. The second-order valence-corrected chi connectivity index (χ2v) is 5.59. The van der Waals surface area contributed by atoms with E-state index >= 15 is 0 Å². The SMILES string of the molecule is CCOc1nc(NN)nc(N(C)C(C)Cc2cccs2)n1. The Kier molecular flexibility index (Phi) is 5.29. The summed E-state index contributed by atoms with van der Waals surface area (Å²) in [6.07, 6.45) is 0.926. The molecule has 0 aromatic carbocycles. The van der Waals surface area contributed by atoms with E-state index in [1.807, 2.05) is 18.9 Å². The van der Waals surface area contributed by atoms with Crippen molar-refractivity contribution in [3.63, 3.8) is 0 Å². The summed E-state index contributed by atoms with van der Waals surface area (Å²) in [6.45, 7) is 4.49. The molecule has 0 spiro atoms. The Morgan fingerprint density at radius 1 is 1.43 bits per heavy atom. The lowest BCUT2D eigenvalue weighted by molar-refractivity contribution is 0.312. The second-order valence-electron chi connectivity index (χ2n) is 4.56. The molecule has 0 radical (unpaired) electrons. The van der Waals surface area contributed by atoms with E-state index in [0.29, 0.717) is 18.5 Å². The number of aromatic nitrogens is 3. The number of anilines is 2. The van der Waals surface area contributed by atoms with Gasteiger partial charge in [0.25, 0.3) is 0 Å². The van der Waals surface area contributed by atoms with Crippen molar-refractivity contribution in [2.24, 2.45) is 5.84 Å². The molecule has 1 unspecified atom stereocenters. The van der Waals surface area contributed by atoms with Crippen molar-refractivity contribution in [3.8, 4) is 6.01 Å².